The molecule has 0 aliphatic carbocycles. The van der Waals surface area contributed by atoms with Gasteiger partial charge < -0.3 is 5.73 Å². The van der Waals surface area contributed by atoms with Gasteiger partial charge in [-0.15, -0.1) is 0 Å². The number of hydrogen-bond donors (Lipinski definition) is 1. The molecule has 0 heterocycles. The SMILES string of the molecule is C[C@@H](CN)CC(C)(C)c1ccccc1. The maximum Gasteiger partial charge on any atom is -0.00512 e. The van der Waals surface area contributed by atoms with Crippen molar-refractivity contribution in [3.8, 4) is 0 Å². The van der Waals surface area contributed by atoms with Gasteiger partial charge in [-0.25, -0.2) is 0 Å². The zero-order valence-electron chi connectivity index (χ0n) is 9.46. The summed E-state index contributed by atoms with van der Waals surface area (Å²) in [5.74, 6) is 0.588. The Kier molecular flexibility index (Phi) is 3.70. The van der Waals surface area contributed by atoms with Crippen molar-refractivity contribution in [1.29, 1.82) is 0 Å². The molecule has 0 saturated carbocycles. The zero-order chi connectivity index (χ0) is 10.6. The first kappa shape index (κ1) is 11.3. The molecule has 78 valence electrons. The third-order valence-electron chi connectivity index (χ3n) is 2.82. The topological polar surface area (TPSA) is 26.0 Å². The minimum absolute atomic E-state index is 0.236. The number of benzene rings is 1. The quantitative estimate of drug-likeness (QED) is 0.778. The molecule has 0 saturated heterocycles. The molecule has 0 amide bonds. The largest absolute Gasteiger partial charge is 0.330 e. The molecule has 0 aromatic heterocycles. The lowest BCUT2D eigenvalue weighted by atomic mass is 9.77. The third-order valence-corrected chi connectivity index (χ3v) is 2.82. The Bertz CT molecular complexity index is 264. The van der Waals surface area contributed by atoms with Crippen LogP contribution in [0.25, 0.3) is 0 Å². The first-order valence-corrected chi connectivity index (χ1v) is 5.32. The summed E-state index contributed by atoms with van der Waals surface area (Å²) in [4.78, 5) is 0. The van der Waals surface area contributed by atoms with Gasteiger partial charge in [0.25, 0.3) is 0 Å². The van der Waals surface area contributed by atoms with E-state index in [1.54, 1.807) is 0 Å². The van der Waals surface area contributed by atoms with Crippen LogP contribution in [0.3, 0.4) is 0 Å². The molecule has 0 radical (unpaired) electrons. The Morgan fingerprint density at radius 1 is 1.21 bits per heavy atom. The summed E-state index contributed by atoms with van der Waals surface area (Å²) in [6.07, 6.45) is 1.15. The predicted octanol–water partition coefficient (Wildman–Crippen LogP) is 2.95. The summed E-state index contributed by atoms with van der Waals surface area (Å²) < 4.78 is 0. The molecule has 2 N–H and O–H groups in total. The maximum absolute atomic E-state index is 5.66. The second kappa shape index (κ2) is 4.61. The van der Waals surface area contributed by atoms with E-state index in [0.717, 1.165) is 13.0 Å². The van der Waals surface area contributed by atoms with Crippen LogP contribution in [0.5, 0.6) is 0 Å². The van der Waals surface area contributed by atoms with E-state index in [4.69, 9.17) is 5.73 Å². The molecule has 1 atom stereocenters. The average Bonchev–Trinajstić information content (AvgIpc) is 2.18. The van der Waals surface area contributed by atoms with Crippen LogP contribution in [0.4, 0.5) is 0 Å². The Morgan fingerprint density at radius 2 is 1.79 bits per heavy atom. The monoisotopic (exact) mass is 191 g/mol. The number of hydrogen-bond acceptors (Lipinski definition) is 1. The van der Waals surface area contributed by atoms with Gasteiger partial charge in [0.1, 0.15) is 0 Å². The summed E-state index contributed by atoms with van der Waals surface area (Å²) in [6.45, 7) is 7.56. The van der Waals surface area contributed by atoms with Gasteiger partial charge in [0.05, 0.1) is 0 Å². The molecule has 1 nitrogen and oxygen atoms in total. The fourth-order valence-corrected chi connectivity index (χ4v) is 1.96. The van der Waals surface area contributed by atoms with E-state index in [1.165, 1.54) is 5.56 Å². The van der Waals surface area contributed by atoms with Crippen LogP contribution in [0.15, 0.2) is 30.3 Å². The van der Waals surface area contributed by atoms with Gasteiger partial charge in [-0.2, -0.15) is 0 Å². The van der Waals surface area contributed by atoms with Crippen molar-refractivity contribution in [2.45, 2.75) is 32.6 Å². The molecule has 0 unspecified atom stereocenters. The average molecular weight is 191 g/mol. The third kappa shape index (κ3) is 2.85. The normalized spacial score (nSPS) is 14.0. The summed E-state index contributed by atoms with van der Waals surface area (Å²) in [7, 11) is 0. The van der Waals surface area contributed by atoms with E-state index in [1.807, 2.05) is 0 Å². The van der Waals surface area contributed by atoms with Crippen molar-refractivity contribution in [2.24, 2.45) is 11.7 Å². The van der Waals surface area contributed by atoms with Crippen LogP contribution >= 0.6 is 0 Å². The molecule has 1 aromatic rings. The molecular weight excluding hydrogens is 170 g/mol. The Labute approximate surface area is 87.3 Å². The molecule has 0 bridgehead atoms. The van der Waals surface area contributed by atoms with Crippen LogP contribution in [0.2, 0.25) is 0 Å². The highest BCUT2D eigenvalue weighted by molar-refractivity contribution is 5.23. The Hall–Kier alpha value is -0.820. The second-order valence-electron chi connectivity index (χ2n) is 4.79. The lowest BCUT2D eigenvalue weighted by molar-refractivity contribution is 0.385. The lowest BCUT2D eigenvalue weighted by Gasteiger charge is -2.28. The van der Waals surface area contributed by atoms with Crippen molar-refractivity contribution in [2.75, 3.05) is 6.54 Å². The minimum Gasteiger partial charge on any atom is -0.330 e. The fourth-order valence-electron chi connectivity index (χ4n) is 1.96. The fraction of sp³-hybridized carbons (Fsp3) is 0.538. The van der Waals surface area contributed by atoms with E-state index in [0.29, 0.717) is 5.92 Å². The highest BCUT2D eigenvalue weighted by atomic mass is 14.5. The van der Waals surface area contributed by atoms with Crippen molar-refractivity contribution in [1.82, 2.24) is 0 Å². The van der Waals surface area contributed by atoms with Crippen LogP contribution in [0, 0.1) is 5.92 Å². The predicted molar refractivity (Wildman–Crippen MR) is 62.3 cm³/mol. The molecule has 0 fully saturated rings. The van der Waals surface area contributed by atoms with Crippen LogP contribution < -0.4 is 5.73 Å². The second-order valence-corrected chi connectivity index (χ2v) is 4.79. The van der Waals surface area contributed by atoms with Gasteiger partial charge >= 0.3 is 0 Å². The number of nitrogens with two attached hydrogens (primary N) is 1. The molecule has 0 spiro atoms. The molecule has 0 aliphatic heterocycles. The van der Waals surface area contributed by atoms with Crippen molar-refractivity contribution in [3.05, 3.63) is 35.9 Å². The summed E-state index contributed by atoms with van der Waals surface area (Å²) >= 11 is 0. The smallest absolute Gasteiger partial charge is 0.00512 e. The minimum atomic E-state index is 0.236. The van der Waals surface area contributed by atoms with Gasteiger partial charge in [0.2, 0.25) is 0 Å². The molecule has 1 rings (SSSR count). The van der Waals surface area contributed by atoms with Crippen LogP contribution in [0.1, 0.15) is 32.8 Å². The molecular formula is C13H21N. The lowest BCUT2D eigenvalue weighted by Crippen LogP contribution is -2.24. The molecule has 14 heavy (non-hydrogen) atoms. The Morgan fingerprint density at radius 3 is 2.29 bits per heavy atom. The molecule has 0 aliphatic rings. The van der Waals surface area contributed by atoms with Gasteiger partial charge in [-0.1, -0.05) is 51.1 Å². The standard InChI is InChI=1S/C13H21N/c1-11(10-14)9-13(2,3)12-7-5-4-6-8-12/h4-8,11H,9-10,14H2,1-3H3/t11-/m1/s1. The number of rotatable bonds is 4. The highest BCUT2D eigenvalue weighted by Crippen LogP contribution is 2.29. The Balaban J connectivity index is 2.75. The molecule has 1 aromatic carbocycles. The van der Waals surface area contributed by atoms with E-state index in [2.05, 4.69) is 51.1 Å². The van der Waals surface area contributed by atoms with Crippen molar-refractivity contribution >= 4 is 0 Å². The first-order chi connectivity index (χ1) is 6.56. The van der Waals surface area contributed by atoms with Gasteiger partial charge in [0.15, 0.2) is 0 Å². The van der Waals surface area contributed by atoms with Gasteiger partial charge in [-0.05, 0) is 29.9 Å². The molecule has 1 heteroatoms. The van der Waals surface area contributed by atoms with Crippen molar-refractivity contribution < 1.29 is 0 Å². The maximum atomic E-state index is 5.66. The van der Waals surface area contributed by atoms with E-state index in [9.17, 15) is 0 Å². The van der Waals surface area contributed by atoms with E-state index in [-0.39, 0.29) is 5.41 Å². The first-order valence-electron chi connectivity index (χ1n) is 5.32. The summed E-state index contributed by atoms with van der Waals surface area (Å²) in [5, 5.41) is 0. The van der Waals surface area contributed by atoms with Crippen LogP contribution in [-0.2, 0) is 5.41 Å². The zero-order valence-corrected chi connectivity index (χ0v) is 9.46. The van der Waals surface area contributed by atoms with E-state index < -0.39 is 0 Å². The summed E-state index contributed by atoms with van der Waals surface area (Å²) in [5.41, 5.74) is 7.30. The highest BCUT2D eigenvalue weighted by Gasteiger charge is 2.22. The van der Waals surface area contributed by atoms with E-state index >= 15 is 0 Å². The van der Waals surface area contributed by atoms with Gasteiger partial charge in [-0.3, -0.25) is 0 Å². The van der Waals surface area contributed by atoms with Crippen molar-refractivity contribution in [3.63, 3.8) is 0 Å². The van der Waals surface area contributed by atoms with Crippen LogP contribution in [-0.4, -0.2) is 6.54 Å². The summed E-state index contributed by atoms with van der Waals surface area (Å²) in [6, 6.07) is 10.7. The van der Waals surface area contributed by atoms with Gasteiger partial charge in [0, 0.05) is 0 Å².